The molecule has 0 saturated heterocycles. The highest BCUT2D eigenvalue weighted by Crippen LogP contribution is 2.23. The van der Waals surface area contributed by atoms with E-state index in [-0.39, 0.29) is 0 Å². The predicted octanol–water partition coefficient (Wildman–Crippen LogP) is 3.28. The van der Waals surface area contributed by atoms with Gasteiger partial charge in [-0.2, -0.15) is 0 Å². The first-order valence-electron chi connectivity index (χ1n) is 8.80. The number of nitrogens with zero attached hydrogens (tertiary/aromatic N) is 1. The molecule has 1 aliphatic rings. The molecule has 25 heavy (non-hydrogen) atoms. The molecule has 1 N–H and O–H groups in total. The lowest BCUT2D eigenvalue weighted by atomic mass is 10.0. The third kappa shape index (κ3) is 4.91. The van der Waals surface area contributed by atoms with Crippen molar-refractivity contribution in [1.29, 1.82) is 0 Å². The average molecular weight is 379 g/mol. The summed E-state index contributed by atoms with van der Waals surface area (Å²) in [6, 6.07) is 9.42. The zero-order chi connectivity index (χ0) is 17.9. The second kappa shape index (κ2) is 7.99. The SMILES string of the molecule is CC(C)Cc1ccc(S(=O)(=O)NCCN2CCc3sccc3C2)cc1. The number of sulfonamides is 1. The molecule has 1 aromatic heterocycles. The summed E-state index contributed by atoms with van der Waals surface area (Å²) < 4.78 is 27.6. The standard InChI is InChI=1S/C19H26N2O2S2/c1-15(2)13-16-3-5-18(6-4-16)25(22,23)20-9-11-21-10-7-19-17(14-21)8-12-24-19/h3-6,8,12,15,20H,7,9-11,13-14H2,1-2H3. The number of nitrogens with one attached hydrogen (secondary N) is 1. The molecular weight excluding hydrogens is 352 g/mol. The van der Waals surface area contributed by atoms with Gasteiger partial charge in [0.1, 0.15) is 0 Å². The normalized spacial score (nSPS) is 15.5. The van der Waals surface area contributed by atoms with E-state index < -0.39 is 10.0 Å². The smallest absolute Gasteiger partial charge is 0.240 e. The van der Waals surface area contributed by atoms with Crippen molar-refractivity contribution in [2.45, 2.75) is 38.1 Å². The maximum absolute atomic E-state index is 12.4. The first kappa shape index (κ1) is 18.6. The number of hydrogen-bond acceptors (Lipinski definition) is 4. The third-order valence-corrected chi connectivity index (χ3v) is 6.98. The average Bonchev–Trinajstić information content (AvgIpc) is 3.02. The highest BCUT2D eigenvalue weighted by atomic mass is 32.2. The van der Waals surface area contributed by atoms with Crippen molar-refractivity contribution in [3.63, 3.8) is 0 Å². The Balaban J connectivity index is 1.52. The molecule has 4 nitrogen and oxygen atoms in total. The maximum atomic E-state index is 12.4. The van der Waals surface area contributed by atoms with Crippen LogP contribution >= 0.6 is 11.3 Å². The largest absolute Gasteiger partial charge is 0.297 e. The number of thiophene rings is 1. The molecule has 6 heteroatoms. The summed E-state index contributed by atoms with van der Waals surface area (Å²) >= 11 is 1.82. The molecule has 3 rings (SSSR count). The van der Waals surface area contributed by atoms with E-state index >= 15 is 0 Å². The van der Waals surface area contributed by atoms with Crippen molar-refractivity contribution in [3.8, 4) is 0 Å². The van der Waals surface area contributed by atoms with Crippen LogP contribution in [0.15, 0.2) is 40.6 Å². The van der Waals surface area contributed by atoms with Gasteiger partial charge in [-0.25, -0.2) is 13.1 Å². The van der Waals surface area contributed by atoms with Crippen LogP contribution in [0.4, 0.5) is 0 Å². The molecular formula is C19H26N2O2S2. The molecule has 136 valence electrons. The van der Waals surface area contributed by atoms with Gasteiger partial charge < -0.3 is 0 Å². The molecule has 0 radical (unpaired) electrons. The molecule has 0 amide bonds. The van der Waals surface area contributed by atoms with Crippen molar-refractivity contribution < 1.29 is 8.42 Å². The molecule has 0 aliphatic carbocycles. The van der Waals surface area contributed by atoms with Crippen molar-refractivity contribution in [3.05, 3.63) is 51.7 Å². The monoisotopic (exact) mass is 378 g/mol. The molecule has 0 atom stereocenters. The molecule has 0 fully saturated rings. The number of fused-ring (bicyclic) bond motifs is 1. The predicted molar refractivity (Wildman–Crippen MR) is 103 cm³/mol. The van der Waals surface area contributed by atoms with Crippen LogP contribution in [0.1, 0.15) is 29.9 Å². The quantitative estimate of drug-likeness (QED) is 0.804. The van der Waals surface area contributed by atoms with Gasteiger partial charge >= 0.3 is 0 Å². The summed E-state index contributed by atoms with van der Waals surface area (Å²) in [5.41, 5.74) is 2.56. The minimum absolute atomic E-state index is 0.346. The Morgan fingerprint density at radius 3 is 2.68 bits per heavy atom. The van der Waals surface area contributed by atoms with Crippen LogP contribution in [0.5, 0.6) is 0 Å². The summed E-state index contributed by atoms with van der Waals surface area (Å²) in [5.74, 6) is 0.564. The fraction of sp³-hybridized carbons (Fsp3) is 0.474. The van der Waals surface area contributed by atoms with Crippen LogP contribution in [0.2, 0.25) is 0 Å². The van der Waals surface area contributed by atoms with Crippen molar-refractivity contribution >= 4 is 21.4 Å². The Bertz CT molecular complexity index is 795. The van der Waals surface area contributed by atoms with Crippen molar-refractivity contribution in [2.75, 3.05) is 19.6 Å². The van der Waals surface area contributed by atoms with Crippen molar-refractivity contribution in [1.82, 2.24) is 9.62 Å². The lowest BCUT2D eigenvalue weighted by Gasteiger charge is -2.26. The summed E-state index contributed by atoms with van der Waals surface area (Å²) in [4.78, 5) is 4.13. The molecule has 2 aromatic rings. The van der Waals surface area contributed by atoms with E-state index in [1.807, 2.05) is 23.5 Å². The van der Waals surface area contributed by atoms with Crippen LogP contribution in [0.25, 0.3) is 0 Å². The van der Waals surface area contributed by atoms with Gasteiger partial charge in [0, 0.05) is 31.1 Å². The van der Waals surface area contributed by atoms with Gasteiger partial charge in [-0.1, -0.05) is 26.0 Å². The molecule has 0 spiro atoms. The van der Waals surface area contributed by atoms with Gasteiger partial charge in [0.05, 0.1) is 4.90 Å². The van der Waals surface area contributed by atoms with E-state index in [2.05, 4.69) is 34.9 Å². The van der Waals surface area contributed by atoms with E-state index in [4.69, 9.17) is 0 Å². The summed E-state index contributed by atoms with van der Waals surface area (Å²) in [6.07, 6.45) is 2.03. The molecule has 0 saturated carbocycles. The Morgan fingerprint density at radius 1 is 1.20 bits per heavy atom. The van der Waals surface area contributed by atoms with E-state index in [0.717, 1.165) is 32.5 Å². The molecule has 0 unspecified atom stereocenters. The molecule has 1 aromatic carbocycles. The molecule has 1 aliphatic heterocycles. The second-order valence-electron chi connectivity index (χ2n) is 7.03. The lowest BCUT2D eigenvalue weighted by molar-refractivity contribution is 0.260. The van der Waals surface area contributed by atoms with Crippen molar-refractivity contribution in [2.24, 2.45) is 5.92 Å². The van der Waals surface area contributed by atoms with Gasteiger partial charge in [-0.3, -0.25) is 4.90 Å². The topological polar surface area (TPSA) is 49.4 Å². The van der Waals surface area contributed by atoms with Crippen LogP contribution in [0, 0.1) is 5.92 Å². The van der Waals surface area contributed by atoms with E-state index in [1.165, 1.54) is 16.0 Å². The van der Waals surface area contributed by atoms with Gasteiger partial charge in [0.2, 0.25) is 10.0 Å². The summed E-state index contributed by atoms with van der Waals surface area (Å²) in [7, 11) is -3.43. The fourth-order valence-corrected chi connectivity index (χ4v) is 5.11. The highest BCUT2D eigenvalue weighted by Gasteiger charge is 2.18. The van der Waals surface area contributed by atoms with Crippen LogP contribution in [-0.4, -0.2) is 33.0 Å². The van der Waals surface area contributed by atoms with E-state index in [9.17, 15) is 8.42 Å². The first-order chi connectivity index (χ1) is 11.9. The number of benzene rings is 1. The minimum atomic E-state index is -3.43. The van der Waals surface area contributed by atoms with Gasteiger partial charge in [-0.05, 0) is 53.5 Å². The zero-order valence-electron chi connectivity index (χ0n) is 14.9. The number of hydrogen-bond donors (Lipinski definition) is 1. The Morgan fingerprint density at radius 2 is 1.96 bits per heavy atom. The second-order valence-corrected chi connectivity index (χ2v) is 9.80. The van der Waals surface area contributed by atoms with E-state index in [0.29, 0.717) is 17.4 Å². The van der Waals surface area contributed by atoms with E-state index in [1.54, 1.807) is 12.1 Å². The first-order valence-corrected chi connectivity index (χ1v) is 11.2. The highest BCUT2D eigenvalue weighted by molar-refractivity contribution is 7.89. The fourth-order valence-electron chi connectivity index (χ4n) is 3.20. The maximum Gasteiger partial charge on any atom is 0.240 e. The number of rotatable bonds is 7. The summed E-state index contributed by atoms with van der Waals surface area (Å²) in [6.45, 7) is 7.41. The zero-order valence-corrected chi connectivity index (χ0v) is 16.5. The Kier molecular flexibility index (Phi) is 5.94. The van der Waals surface area contributed by atoms with Gasteiger partial charge in [-0.15, -0.1) is 11.3 Å². The van der Waals surface area contributed by atoms with Crippen LogP contribution in [0.3, 0.4) is 0 Å². The molecule has 2 heterocycles. The van der Waals surface area contributed by atoms with Crippen LogP contribution in [-0.2, 0) is 29.4 Å². The Hall–Kier alpha value is -1.21. The minimum Gasteiger partial charge on any atom is -0.297 e. The lowest BCUT2D eigenvalue weighted by Crippen LogP contribution is -2.37. The van der Waals surface area contributed by atoms with Gasteiger partial charge in [0.25, 0.3) is 0 Å². The third-order valence-electron chi connectivity index (χ3n) is 4.48. The van der Waals surface area contributed by atoms with Crippen LogP contribution < -0.4 is 4.72 Å². The summed E-state index contributed by atoms with van der Waals surface area (Å²) in [5, 5.41) is 2.14. The van der Waals surface area contributed by atoms with Gasteiger partial charge in [0.15, 0.2) is 0 Å². The molecule has 0 bridgehead atoms. The Labute approximate surface area is 154 Å².